The third-order valence-electron chi connectivity index (χ3n) is 5.45. The minimum Gasteiger partial charge on any atom is -0.387 e. The molecule has 14 heteroatoms. The smallest absolute Gasteiger partial charge is 0.387 e. The lowest BCUT2D eigenvalue weighted by Gasteiger charge is -2.34. The van der Waals surface area contributed by atoms with E-state index in [1.165, 1.54) is 27.7 Å². The topological polar surface area (TPSA) is 184 Å². The number of rotatable bonds is 5. The predicted molar refractivity (Wildman–Crippen MR) is 108 cm³/mol. The molecule has 4 aromatic rings. The van der Waals surface area contributed by atoms with E-state index in [9.17, 15) is 19.6 Å². The average Bonchev–Trinajstić information content (AvgIpc) is 3.46. The van der Waals surface area contributed by atoms with Gasteiger partial charge in [0.1, 0.15) is 24.0 Å². The van der Waals surface area contributed by atoms with E-state index in [1.54, 1.807) is 30.3 Å². The van der Waals surface area contributed by atoms with Crippen LogP contribution in [0.4, 0.5) is 0 Å². The minimum atomic E-state index is -4.85. The van der Waals surface area contributed by atoms with Crippen LogP contribution in [0.1, 0.15) is 5.56 Å². The van der Waals surface area contributed by atoms with Gasteiger partial charge in [0, 0.05) is 18.0 Å². The molecule has 0 saturated carbocycles. The van der Waals surface area contributed by atoms with Crippen molar-refractivity contribution in [3.8, 4) is 0 Å². The maximum atomic E-state index is 12.8. The summed E-state index contributed by atoms with van der Waals surface area (Å²) in [5, 5.41) is 21.8. The Balaban J connectivity index is 1.72. The molecule has 4 atom stereocenters. The lowest BCUT2D eigenvalue weighted by molar-refractivity contribution is -0.115. The van der Waals surface area contributed by atoms with Crippen LogP contribution in [0.3, 0.4) is 0 Å². The number of hydrogen-bond acceptors (Lipinski definition) is 8. The van der Waals surface area contributed by atoms with Crippen LogP contribution in [0, 0.1) is 0 Å². The van der Waals surface area contributed by atoms with E-state index in [-0.39, 0.29) is 16.9 Å². The average molecular weight is 463 g/mol. The van der Waals surface area contributed by atoms with E-state index in [4.69, 9.17) is 14.5 Å². The standard InChI is InChI=1S/C18H18N5O8P/c24-13-11(8-30-32(27,28)29)31-18(14(13)25,10-4-2-1-3-5-10)23-9-20-12-15(23)21-17-19-6-7-22(17)16(12)26/h1-7,9,11,13-14,24-25H,8H2,(H,19,21)(H2,27,28,29)/t11-,13-,14-,18-/m1/s1. The van der Waals surface area contributed by atoms with Gasteiger partial charge in [0.2, 0.25) is 11.5 Å². The molecule has 1 aliphatic rings. The monoisotopic (exact) mass is 463 g/mol. The van der Waals surface area contributed by atoms with Gasteiger partial charge in [-0.3, -0.25) is 13.9 Å². The molecule has 0 bridgehead atoms. The fourth-order valence-electron chi connectivity index (χ4n) is 4.02. The van der Waals surface area contributed by atoms with Gasteiger partial charge in [0.05, 0.1) is 12.9 Å². The maximum absolute atomic E-state index is 12.8. The van der Waals surface area contributed by atoms with Gasteiger partial charge < -0.3 is 29.7 Å². The highest BCUT2D eigenvalue weighted by Gasteiger charge is 2.57. The van der Waals surface area contributed by atoms with E-state index in [0.29, 0.717) is 5.56 Å². The number of aromatic amines is 1. The summed E-state index contributed by atoms with van der Waals surface area (Å²) in [7, 11) is -4.85. The number of aliphatic hydroxyl groups is 2. The van der Waals surface area contributed by atoms with Crippen molar-refractivity contribution in [2.75, 3.05) is 6.61 Å². The lowest BCUT2D eigenvalue weighted by atomic mass is 9.94. The van der Waals surface area contributed by atoms with Crippen LogP contribution in [0.25, 0.3) is 16.9 Å². The second-order valence-corrected chi connectivity index (χ2v) is 8.54. The van der Waals surface area contributed by atoms with E-state index in [2.05, 4.69) is 19.5 Å². The van der Waals surface area contributed by atoms with E-state index in [1.807, 2.05) is 0 Å². The summed E-state index contributed by atoms with van der Waals surface area (Å²) in [5.41, 5.74) is -1.66. The molecule has 5 N–H and O–H groups in total. The highest BCUT2D eigenvalue weighted by Crippen LogP contribution is 2.44. The highest BCUT2D eigenvalue weighted by atomic mass is 31.2. The predicted octanol–water partition coefficient (Wildman–Crippen LogP) is -0.697. The van der Waals surface area contributed by atoms with Crippen molar-refractivity contribution in [3.63, 3.8) is 0 Å². The maximum Gasteiger partial charge on any atom is 0.469 e. The first-order valence-corrected chi connectivity index (χ1v) is 11.0. The third-order valence-corrected chi connectivity index (χ3v) is 5.93. The molecule has 0 aliphatic carbocycles. The summed E-state index contributed by atoms with van der Waals surface area (Å²) in [6.45, 7) is -0.690. The molecule has 0 amide bonds. The molecule has 168 valence electrons. The lowest BCUT2D eigenvalue weighted by Crippen LogP contribution is -2.46. The molecule has 0 spiro atoms. The van der Waals surface area contributed by atoms with Crippen LogP contribution in [0.2, 0.25) is 0 Å². The summed E-state index contributed by atoms with van der Waals surface area (Å²) in [6.07, 6.45) is -0.328. The zero-order chi connectivity index (χ0) is 22.7. The van der Waals surface area contributed by atoms with E-state index in [0.717, 1.165) is 0 Å². The van der Waals surface area contributed by atoms with Gasteiger partial charge in [0.25, 0.3) is 5.56 Å². The van der Waals surface area contributed by atoms with Crippen molar-refractivity contribution in [3.05, 3.63) is 65.0 Å². The second kappa shape index (κ2) is 7.32. The Morgan fingerprint density at radius 2 is 1.97 bits per heavy atom. The van der Waals surface area contributed by atoms with Crippen LogP contribution in [-0.4, -0.2) is 68.8 Å². The van der Waals surface area contributed by atoms with E-state index >= 15 is 0 Å². The number of hydrogen-bond donors (Lipinski definition) is 5. The van der Waals surface area contributed by atoms with Gasteiger partial charge in [-0.1, -0.05) is 30.3 Å². The normalized spacial score (nSPS) is 26.3. The Bertz CT molecular complexity index is 1390. The fraction of sp³-hybridized carbons (Fsp3) is 0.278. The zero-order valence-corrected chi connectivity index (χ0v) is 17.1. The molecule has 1 saturated heterocycles. The second-order valence-electron chi connectivity index (χ2n) is 7.30. The Kier molecular flexibility index (Phi) is 4.80. The molecule has 32 heavy (non-hydrogen) atoms. The summed E-state index contributed by atoms with van der Waals surface area (Å²) in [5.74, 6) is 0.224. The molecular formula is C18H18N5O8P. The van der Waals surface area contributed by atoms with Crippen molar-refractivity contribution in [1.29, 1.82) is 0 Å². The van der Waals surface area contributed by atoms with Crippen molar-refractivity contribution in [2.45, 2.75) is 24.0 Å². The number of fused-ring (bicyclic) bond motifs is 2. The van der Waals surface area contributed by atoms with E-state index < -0.39 is 44.0 Å². The van der Waals surface area contributed by atoms with Crippen molar-refractivity contribution in [2.24, 2.45) is 0 Å². The molecule has 4 heterocycles. The van der Waals surface area contributed by atoms with Crippen LogP contribution >= 0.6 is 7.82 Å². The van der Waals surface area contributed by atoms with Gasteiger partial charge >= 0.3 is 7.82 Å². The number of nitrogens with one attached hydrogen (secondary N) is 1. The summed E-state index contributed by atoms with van der Waals surface area (Å²) in [4.78, 5) is 42.1. The SMILES string of the molecule is O=c1c2ncn([C@]3(c4ccccc4)O[C@H](COP(=O)(O)O)[C@@H](O)[C@H]3O)c2[nH]c2nccn12. The molecule has 1 aromatic carbocycles. The van der Waals surface area contributed by atoms with Crippen molar-refractivity contribution in [1.82, 2.24) is 23.9 Å². The van der Waals surface area contributed by atoms with Crippen LogP contribution < -0.4 is 5.56 Å². The van der Waals surface area contributed by atoms with Gasteiger partial charge in [-0.05, 0) is 0 Å². The number of imidazole rings is 2. The highest BCUT2D eigenvalue weighted by molar-refractivity contribution is 7.46. The van der Waals surface area contributed by atoms with Crippen molar-refractivity contribution >= 4 is 24.8 Å². The number of aliphatic hydroxyl groups excluding tert-OH is 2. The van der Waals surface area contributed by atoms with Gasteiger partial charge in [0.15, 0.2) is 5.52 Å². The number of H-pyrrole nitrogens is 1. The first-order valence-electron chi connectivity index (χ1n) is 9.45. The number of benzene rings is 1. The van der Waals surface area contributed by atoms with Gasteiger partial charge in [-0.2, -0.15) is 0 Å². The molecule has 5 rings (SSSR count). The number of ether oxygens (including phenoxy) is 1. The van der Waals surface area contributed by atoms with Crippen molar-refractivity contribution < 1.29 is 33.8 Å². The van der Waals surface area contributed by atoms with Gasteiger partial charge in [-0.25, -0.2) is 18.9 Å². The molecule has 1 fully saturated rings. The molecule has 0 radical (unpaired) electrons. The first kappa shape index (κ1) is 21.0. The number of phosphoric acid groups is 1. The number of nitrogens with zero attached hydrogens (tertiary/aromatic N) is 4. The molecule has 1 aliphatic heterocycles. The zero-order valence-electron chi connectivity index (χ0n) is 16.2. The molecule has 0 unspecified atom stereocenters. The quantitative estimate of drug-likeness (QED) is 0.237. The molecule has 3 aromatic heterocycles. The van der Waals surface area contributed by atoms with Crippen LogP contribution in [0.5, 0.6) is 0 Å². The fourth-order valence-corrected chi connectivity index (χ4v) is 4.36. The number of phosphoric ester groups is 1. The largest absolute Gasteiger partial charge is 0.469 e. The Morgan fingerprint density at radius 1 is 1.22 bits per heavy atom. The third kappa shape index (κ3) is 3.11. The Hall–Kier alpha value is -2.90. The van der Waals surface area contributed by atoms with Crippen LogP contribution in [0.15, 0.2) is 53.8 Å². The summed E-state index contributed by atoms with van der Waals surface area (Å²) < 4.78 is 24.3. The Morgan fingerprint density at radius 3 is 2.69 bits per heavy atom. The first-order chi connectivity index (χ1) is 15.2. The summed E-state index contributed by atoms with van der Waals surface area (Å²) >= 11 is 0. The molecule has 13 nitrogen and oxygen atoms in total. The van der Waals surface area contributed by atoms with Gasteiger partial charge in [-0.15, -0.1) is 0 Å². The summed E-state index contributed by atoms with van der Waals surface area (Å²) in [6, 6.07) is 8.40. The minimum absolute atomic E-state index is 0.0333. The van der Waals surface area contributed by atoms with Crippen LogP contribution in [-0.2, 0) is 19.6 Å². The number of aromatic nitrogens is 5. The Labute approximate surface area is 178 Å². The molecular weight excluding hydrogens is 445 g/mol.